The molecule has 1 saturated carbocycles. The van der Waals surface area contributed by atoms with Gasteiger partial charge in [-0.1, -0.05) is 69.7 Å². The van der Waals surface area contributed by atoms with Gasteiger partial charge in [-0.05, 0) is 179 Å². The van der Waals surface area contributed by atoms with Crippen molar-refractivity contribution in [2.24, 2.45) is 30.0 Å². The molecule has 1 unspecified atom stereocenters. The number of β-amino-alcohol motifs (C(OH)–C–C–N with tert-alkyl or cyclic N) is 1. The highest BCUT2D eigenvalue weighted by Crippen LogP contribution is 2.41. The second-order valence-electron chi connectivity index (χ2n) is 32.5. The van der Waals surface area contributed by atoms with Crippen molar-refractivity contribution in [3.63, 3.8) is 0 Å². The smallest absolute Gasteiger partial charge is 0.396 e. The van der Waals surface area contributed by atoms with Crippen LogP contribution in [-0.4, -0.2) is 182 Å². The van der Waals surface area contributed by atoms with Crippen LogP contribution in [0.4, 0.5) is 4.39 Å². The molecule has 4 aromatic carbocycles. The van der Waals surface area contributed by atoms with Crippen LogP contribution in [0.25, 0.3) is 32.4 Å². The Balaban J connectivity index is 0.653. The van der Waals surface area contributed by atoms with Crippen molar-refractivity contribution in [3.8, 4) is 16.2 Å². The second kappa shape index (κ2) is 35.9. The predicted molar refractivity (Wildman–Crippen MR) is 424 cm³/mol. The molecule has 11 N–H and O–H groups in total. The number of halogens is 1. The van der Waals surface area contributed by atoms with Crippen molar-refractivity contribution in [2.45, 2.75) is 211 Å². The highest BCUT2D eigenvalue weighted by Gasteiger charge is 2.48. The molecule has 1 aliphatic carbocycles. The summed E-state index contributed by atoms with van der Waals surface area (Å²) >= 11 is 1.54. The summed E-state index contributed by atoms with van der Waals surface area (Å²) in [7, 11) is -3.52. The number of amides is 10. The molecule has 0 spiro atoms. The van der Waals surface area contributed by atoms with Gasteiger partial charge in [0.1, 0.15) is 42.5 Å². The molecule has 115 heavy (non-hydrogen) atoms. The van der Waals surface area contributed by atoms with Gasteiger partial charge in [-0.25, -0.2) is 14.2 Å². The average molecular weight is 1620 g/mol. The summed E-state index contributed by atoms with van der Waals surface area (Å²) in [6.45, 7) is 8.67. The molecule has 12 rings (SSSR count). The van der Waals surface area contributed by atoms with Gasteiger partial charge in [-0.15, -0.1) is 11.3 Å². The molecule has 4 aliphatic heterocycles. The Morgan fingerprint density at radius 2 is 1.56 bits per heavy atom. The predicted octanol–water partition coefficient (Wildman–Crippen LogP) is 7.12. The van der Waals surface area contributed by atoms with Crippen molar-refractivity contribution in [3.05, 3.63) is 140 Å². The van der Waals surface area contributed by atoms with Gasteiger partial charge in [0, 0.05) is 81.3 Å². The number of imide groups is 1. The number of aliphatic hydroxyl groups is 1. The number of nitrogens with zero attached hydrogens (tertiary/aromatic N) is 6. The highest BCUT2D eigenvalue weighted by atomic mass is 32.1. The number of rotatable bonds is 29. The lowest BCUT2D eigenvalue weighted by molar-refractivity contribution is -0.145. The molecule has 33 heteroatoms. The first kappa shape index (κ1) is 84.1. The Morgan fingerprint density at radius 3 is 2.26 bits per heavy atom. The van der Waals surface area contributed by atoms with Gasteiger partial charge in [0.25, 0.3) is 11.4 Å². The summed E-state index contributed by atoms with van der Waals surface area (Å²) in [5.74, 6) is -5.77. The molecule has 10 amide bonds. The maximum Gasteiger partial charge on any atom is 0.396 e. The van der Waals surface area contributed by atoms with E-state index in [4.69, 9.17) is 10.5 Å². The molecule has 3 aromatic heterocycles. The van der Waals surface area contributed by atoms with E-state index in [2.05, 4.69) is 36.6 Å². The molecule has 4 saturated heterocycles. The number of benzene rings is 4. The van der Waals surface area contributed by atoms with Crippen molar-refractivity contribution < 1.29 is 81.3 Å². The number of carbonyl (C=O) groups excluding carboxylic acids is 11. The maximum absolute atomic E-state index is 16.4. The van der Waals surface area contributed by atoms with E-state index in [1.54, 1.807) is 61.7 Å². The Bertz CT molecular complexity index is 5000. The lowest BCUT2D eigenvalue weighted by Gasteiger charge is -2.39. The number of H-pyrrole nitrogens is 1. The molecule has 7 aromatic rings. The van der Waals surface area contributed by atoms with Crippen LogP contribution in [0.2, 0.25) is 0 Å². The zero-order valence-corrected chi connectivity index (χ0v) is 67.0. The van der Waals surface area contributed by atoms with E-state index in [0.717, 1.165) is 52.9 Å². The number of hydrogen-bond acceptors (Lipinski definition) is 17. The van der Waals surface area contributed by atoms with Crippen LogP contribution in [0.15, 0.2) is 95.2 Å². The number of hydrogen-bond donors (Lipinski definition) is 10. The Hall–Kier alpha value is -10.3. The number of thiazole rings is 1. The third kappa shape index (κ3) is 19.8. The summed E-state index contributed by atoms with van der Waals surface area (Å²) < 4.78 is 37.3. The Morgan fingerprint density at radius 1 is 0.817 bits per heavy atom. The maximum atomic E-state index is 16.4. The lowest BCUT2D eigenvalue weighted by Crippen LogP contribution is -2.61. The number of carbonyl (C=O) groups is 11. The SMILES string of the molecule is Cc1ncsc1-c1ccc([C@H](C)NC(=O)[C@@H]2C[C@@H](O)CN2C(=O)[C@@H](NC(=O)CCCCCc2cccc(OC[C@H](CCC(N)=O)NC(=O)[C@@H]3CC[C@@H]4CCN(C(=O)C[C@H]5CC[C@@H](Cc6ccc7c(c6)n(C)c(=O)n7C6CCC(=O)NC6=O)CC5)C[C@H](NC(=O)c5cc6cc(C(=O)P(=O)(O)O)ccc6[nH]5)C(=O)N43)c2F)C(C)(C)C)cc1. The number of primary amides is 1. The first-order valence-electron chi connectivity index (χ1n) is 39.4. The van der Waals surface area contributed by atoms with Gasteiger partial charge in [0.05, 0.1) is 45.3 Å². The zero-order chi connectivity index (χ0) is 82.5. The van der Waals surface area contributed by atoms with Crippen LogP contribution >= 0.6 is 18.9 Å². The summed E-state index contributed by atoms with van der Waals surface area (Å²) in [4.78, 5) is 196. The zero-order valence-electron chi connectivity index (χ0n) is 65.3. The van der Waals surface area contributed by atoms with E-state index in [9.17, 15) is 72.2 Å². The summed E-state index contributed by atoms with van der Waals surface area (Å²) in [5, 5.41) is 25.1. The molecular weight excluding hydrogens is 1520 g/mol. The first-order chi connectivity index (χ1) is 54.7. The fourth-order valence-corrected chi connectivity index (χ4v) is 18.0. The highest BCUT2D eigenvalue weighted by molar-refractivity contribution is 7.70. The van der Waals surface area contributed by atoms with E-state index in [0.29, 0.717) is 54.2 Å². The number of imidazole rings is 1. The van der Waals surface area contributed by atoms with E-state index in [1.807, 2.05) is 56.3 Å². The average Bonchev–Trinajstić information content (AvgIpc) is 1.61. The van der Waals surface area contributed by atoms with E-state index in [1.165, 1.54) is 49.3 Å². The third-order valence-electron chi connectivity index (χ3n) is 23.1. The second-order valence-corrected chi connectivity index (χ2v) is 34.8. The van der Waals surface area contributed by atoms with Crippen molar-refractivity contribution in [2.75, 3.05) is 26.2 Å². The summed E-state index contributed by atoms with van der Waals surface area (Å²) in [6.07, 6.45) is 5.52. The van der Waals surface area contributed by atoms with E-state index in [-0.39, 0.29) is 142 Å². The number of aryl methyl sites for hydroxylation is 3. The molecule has 9 atom stereocenters. The Labute approximate surface area is 667 Å². The molecule has 7 heterocycles. The van der Waals surface area contributed by atoms with Crippen LogP contribution < -0.4 is 42.7 Å². The number of fused-ring (bicyclic) bond motifs is 3. The summed E-state index contributed by atoms with van der Waals surface area (Å²) in [6, 6.07) is 16.0. The van der Waals surface area contributed by atoms with Crippen molar-refractivity contribution in [1.82, 2.24) is 60.4 Å². The minimum absolute atomic E-state index is 0.00985. The number of nitrogens with one attached hydrogen (secondary N) is 6. The molecule has 30 nitrogen and oxygen atoms in total. The minimum atomic E-state index is -5.17. The van der Waals surface area contributed by atoms with Gasteiger partial charge in [-0.3, -0.25) is 71.8 Å². The van der Waals surface area contributed by atoms with Crippen LogP contribution in [0.5, 0.6) is 5.75 Å². The van der Waals surface area contributed by atoms with Crippen LogP contribution in [0.1, 0.15) is 192 Å². The first-order valence-corrected chi connectivity index (χ1v) is 41.9. The molecule has 614 valence electrons. The normalized spacial score (nSPS) is 21.5. The van der Waals surface area contributed by atoms with Gasteiger partial charge in [0.2, 0.25) is 53.2 Å². The number of likely N-dealkylation sites (tertiary alicyclic amines) is 1. The molecule has 0 radical (unpaired) electrons. The molecule has 5 aliphatic rings. The van der Waals surface area contributed by atoms with Gasteiger partial charge in [-0.2, -0.15) is 0 Å². The monoisotopic (exact) mass is 1620 g/mol. The molecule has 0 bridgehead atoms. The van der Waals surface area contributed by atoms with Crippen molar-refractivity contribution >= 4 is 105 Å². The van der Waals surface area contributed by atoms with E-state index < -0.39 is 126 Å². The standard InChI is InChI=1S/C82H101FN13O17PS/c1-45(50-20-22-52(23-21-50)72-46(2)85-44-115-72)86-77(105)65-40-57(97)41-94(65)79(107)73(82(3,4)5)90-68(99)14-9-7-8-11-51-12-10-13-66(71(51)83)113-43-55(25-31-67(84)98)87-75(103)62-29-26-56-33-34-93(42-60(78(106)95(56)62)89-74(102)59-39-54-38-53(24-27-58(54)88-59)80(108)114(110,111)112)70(101)37-48-17-15-47(16-18-48)35-49-19-28-61-64(36-49)92(6)81(109)96(61)63-30-32-69(100)91-76(63)104/h10,12-13,19-24,27-28,36,38-39,44-45,47-48,55-57,60,62-63,65,73,88,97H,7-9,11,14-18,25-26,29-35,37,40-43H2,1-6H3,(H2,84,98)(H,86,105)(H,87,103)(H,89,102)(H,90,99)(H,91,100,104)(H2,110,111,112)/t45-,47-,48+,55-,56+,57+,60-,62-,63?,65-,73+/m0/s1. The summed E-state index contributed by atoms with van der Waals surface area (Å²) in [5.41, 5.74) is 10.1. The van der Waals surface area contributed by atoms with E-state index >= 15 is 9.18 Å². The minimum Gasteiger partial charge on any atom is -0.488 e. The van der Waals surface area contributed by atoms with Crippen LogP contribution in [-0.2, 0) is 67.6 Å². The van der Waals surface area contributed by atoms with Gasteiger partial charge >= 0.3 is 13.3 Å². The number of aromatic nitrogens is 4. The number of aliphatic hydroxyl groups excluding tert-OH is 1. The number of aromatic amines is 1. The van der Waals surface area contributed by atoms with Gasteiger partial charge in [0.15, 0.2) is 11.6 Å². The third-order valence-corrected chi connectivity index (χ3v) is 24.9. The molecular formula is C82H101FN13O17PS. The van der Waals surface area contributed by atoms with Crippen LogP contribution in [0.3, 0.4) is 0 Å². The number of piperidine rings is 1. The van der Waals surface area contributed by atoms with Crippen LogP contribution in [0, 0.1) is 30.0 Å². The molecule has 5 fully saturated rings. The fourth-order valence-electron chi connectivity index (χ4n) is 16.8. The number of nitrogens with two attached hydrogens (primary N) is 1. The largest absolute Gasteiger partial charge is 0.488 e. The topological polar surface area (TPSA) is 426 Å². The number of unbranched alkanes of at least 4 members (excludes halogenated alkanes) is 2. The quantitative estimate of drug-likeness (QED) is 0.0127. The van der Waals surface area contributed by atoms with Crippen molar-refractivity contribution in [1.29, 1.82) is 0 Å². The lowest BCUT2D eigenvalue weighted by atomic mass is 9.78. The fraction of sp³-hybridized carbons (Fsp3) is 0.500. The Kier molecular flexibility index (Phi) is 26.2. The van der Waals surface area contributed by atoms with Gasteiger partial charge < -0.3 is 66.3 Å². The number of ether oxygens (including phenoxy) is 1.